The Balaban J connectivity index is 1.50. The van der Waals surface area contributed by atoms with Crippen LogP contribution in [0.1, 0.15) is 5.56 Å². The van der Waals surface area contributed by atoms with Gasteiger partial charge in [-0.1, -0.05) is 48.5 Å². The van der Waals surface area contributed by atoms with Gasteiger partial charge < -0.3 is 10.1 Å². The van der Waals surface area contributed by atoms with Crippen molar-refractivity contribution in [3.05, 3.63) is 96.6 Å². The fourth-order valence-electron chi connectivity index (χ4n) is 2.28. The summed E-state index contributed by atoms with van der Waals surface area (Å²) in [6.07, 6.45) is 3.17. The molecule has 1 amide bonds. The molecule has 3 aromatic carbocycles. The molecule has 0 saturated heterocycles. The number of para-hydroxylation sites is 1. The Morgan fingerprint density at radius 3 is 2.07 bits per heavy atom. The molecule has 134 valence electrons. The normalized spacial score (nSPS) is 10.4. The van der Waals surface area contributed by atoms with Gasteiger partial charge in [0.25, 0.3) is 0 Å². The fraction of sp³-hybridized carbons (Fsp3) is 0. The van der Waals surface area contributed by atoms with Gasteiger partial charge in [0.05, 0.1) is 0 Å². The van der Waals surface area contributed by atoms with Crippen molar-refractivity contribution >= 4 is 35.0 Å². The van der Waals surface area contributed by atoms with Crippen molar-refractivity contribution in [2.45, 2.75) is 0 Å². The summed E-state index contributed by atoms with van der Waals surface area (Å²) >= 11 is 5.17. The van der Waals surface area contributed by atoms with E-state index in [1.807, 2.05) is 84.9 Å². The second kappa shape index (κ2) is 9.31. The molecule has 0 unspecified atom stereocenters. The van der Waals surface area contributed by atoms with Gasteiger partial charge in [-0.2, -0.15) is 0 Å². The third-order valence-corrected chi connectivity index (χ3v) is 3.76. The topological polar surface area (TPSA) is 50.4 Å². The number of hydrogen-bond donors (Lipinski definition) is 2. The number of nitrogens with one attached hydrogen (secondary N) is 2. The molecule has 0 spiro atoms. The largest absolute Gasteiger partial charge is 0.457 e. The van der Waals surface area contributed by atoms with Crippen LogP contribution in [0.2, 0.25) is 0 Å². The number of benzene rings is 3. The van der Waals surface area contributed by atoms with Gasteiger partial charge in [0, 0.05) is 11.8 Å². The number of thiocarbonyl (C=S) groups is 1. The zero-order valence-corrected chi connectivity index (χ0v) is 15.3. The van der Waals surface area contributed by atoms with Crippen molar-refractivity contribution in [3.63, 3.8) is 0 Å². The first kappa shape index (κ1) is 18.4. The Morgan fingerprint density at radius 1 is 0.815 bits per heavy atom. The van der Waals surface area contributed by atoms with Crippen molar-refractivity contribution in [2.24, 2.45) is 0 Å². The predicted octanol–water partition coefficient (Wildman–Crippen LogP) is 5.01. The minimum absolute atomic E-state index is 0.231. The van der Waals surface area contributed by atoms with E-state index in [0.717, 1.165) is 17.0 Å². The van der Waals surface area contributed by atoms with Crippen LogP contribution < -0.4 is 15.4 Å². The maximum Gasteiger partial charge on any atom is 0.250 e. The van der Waals surface area contributed by atoms with Crippen LogP contribution in [0, 0.1) is 0 Å². The van der Waals surface area contributed by atoms with E-state index >= 15 is 0 Å². The van der Waals surface area contributed by atoms with Crippen molar-refractivity contribution in [2.75, 3.05) is 5.32 Å². The lowest BCUT2D eigenvalue weighted by Gasteiger charge is -2.10. The molecular formula is C22H18N2O2S. The average molecular weight is 374 g/mol. The molecule has 0 aliphatic rings. The summed E-state index contributed by atoms with van der Waals surface area (Å²) < 4.78 is 5.74. The van der Waals surface area contributed by atoms with Crippen LogP contribution in [-0.2, 0) is 4.79 Å². The molecule has 3 aromatic rings. The summed E-state index contributed by atoms with van der Waals surface area (Å²) in [7, 11) is 0. The highest BCUT2D eigenvalue weighted by Crippen LogP contribution is 2.22. The minimum atomic E-state index is -0.291. The van der Waals surface area contributed by atoms with Crippen LogP contribution in [0.25, 0.3) is 6.08 Å². The van der Waals surface area contributed by atoms with E-state index in [-0.39, 0.29) is 11.0 Å². The number of carbonyl (C=O) groups excluding carboxylic acids is 1. The molecule has 4 nitrogen and oxygen atoms in total. The van der Waals surface area contributed by atoms with Gasteiger partial charge in [-0.05, 0) is 60.3 Å². The molecule has 0 aliphatic heterocycles. The number of ether oxygens (including phenoxy) is 1. The first-order chi connectivity index (χ1) is 13.2. The van der Waals surface area contributed by atoms with Crippen molar-refractivity contribution in [1.82, 2.24) is 5.32 Å². The predicted molar refractivity (Wildman–Crippen MR) is 113 cm³/mol. The number of anilines is 1. The zero-order chi connectivity index (χ0) is 18.9. The summed E-state index contributed by atoms with van der Waals surface area (Å²) in [6, 6.07) is 26.4. The highest BCUT2D eigenvalue weighted by molar-refractivity contribution is 7.80. The van der Waals surface area contributed by atoms with Gasteiger partial charge in [0.2, 0.25) is 5.91 Å². The average Bonchev–Trinajstić information content (AvgIpc) is 2.69. The molecule has 0 bridgehead atoms. The van der Waals surface area contributed by atoms with Gasteiger partial charge in [-0.15, -0.1) is 0 Å². The molecule has 0 aliphatic carbocycles. The van der Waals surface area contributed by atoms with Crippen LogP contribution in [-0.4, -0.2) is 11.0 Å². The fourth-order valence-corrected chi connectivity index (χ4v) is 2.50. The van der Waals surface area contributed by atoms with E-state index in [2.05, 4.69) is 10.6 Å². The number of carbonyl (C=O) groups is 1. The van der Waals surface area contributed by atoms with Crippen LogP contribution >= 0.6 is 12.2 Å². The van der Waals surface area contributed by atoms with E-state index in [1.165, 1.54) is 6.08 Å². The lowest BCUT2D eigenvalue weighted by atomic mass is 10.2. The van der Waals surface area contributed by atoms with E-state index in [9.17, 15) is 4.79 Å². The van der Waals surface area contributed by atoms with Crippen LogP contribution in [0.4, 0.5) is 5.69 Å². The van der Waals surface area contributed by atoms with Crippen LogP contribution in [0.3, 0.4) is 0 Å². The van der Waals surface area contributed by atoms with Crippen molar-refractivity contribution in [1.29, 1.82) is 0 Å². The summed E-state index contributed by atoms with van der Waals surface area (Å²) in [5.41, 5.74) is 1.70. The molecule has 0 heterocycles. The second-order valence-electron chi connectivity index (χ2n) is 5.63. The Labute approximate surface area is 163 Å². The third-order valence-electron chi connectivity index (χ3n) is 3.55. The van der Waals surface area contributed by atoms with Gasteiger partial charge >= 0.3 is 0 Å². The SMILES string of the molecule is O=C(/C=C/c1ccccc1)NC(=S)Nc1ccc(Oc2ccccc2)cc1. The molecule has 0 saturated carbocycles. The highest BCUT2D eigenvalue weighted by atomic mass is 32.1. The van der Waals surface area contributed by atoms with Gasteiger partial charge in [0.15, 0.2) is 5.11 Å². The molecule has 0 aromatic heterocycles. The zero-order valence-electron chi connectivity index (χ0n) is 14.5. The first-order valence-electron chi connectivity index (χ1n) is 8.37. The third kappa shape index (κ3) is 6.09. The molecule has 2 N–H and O–H groups in total. The lowest BCUT2D eigenvalue weighted by Crippen LogP contribution is -2.32. The Bertz CT molecular complexity index is 924. The molecule has 3 rings (SSSR count). The summed E-state index contributed by atoms with van der Waals surface area (Å²) in [4.78, 5) is 11.9. The lowest BCUT2D eigenvalue weighted by molar-refractivity contribution is -0.115. The molecule has 27 heavy (non-hydrogen) atoms. The molecular weight excluding hydrogens is 356 g/mol. The Kier molecular flexibility index (Phi) is 6.33. The monoisotopic (exact) mass is 374 g/mol. The Hall–Kier alpha value is -3.44. The van der Waals surface area contributed by atoms with Gasteiger partial charge in [-0.3, -0.25) is 10.1 Å². The van der Waals surface area contributed by atoms with E-state index in [4.69, 9.17) is 17.0 Å². The highest BCUT2D eigenvalue weighted by Gasteiger charge is 2.03. The number of rotatable bonds is 5. The summed E-state index contributed by atoms with van der Waals surface area (Å²) in [5.74, 6) is 1.19. The van der Waals surface area contributed by atoms with Gasteiger partial charge in [-0.25, -0.2) is 0 Å². The quantitative estimate of drug-likeness (QED) is 0.487. The molecule has 0 radical (unpaired) electrons. The van der Waals surface area contributed by atoms with E-state index in [1.54, 1.807) is 6.08 Å². The first-order valence-corrected chi connectivity index (χ1v) is 8.78. The van der Waals surface area contributed by atoms with Crippen molar-refractivity contribution in [3.8, 4) is 11.5 Å². The number of hydrogen-bond acceptors (Lipinski definition) is 3. The maximum atomic E-state index is 11.9. The smallest absolute Gasteiger partial charge is 0.250 e. The minimum Gasteiger partial charge on any atom is -0.457 e. The van der Waals surface area contributed by atoms with Gasteiger partial charge in [0.1, 0.15) is 11.5 Å². The van der Waals surface area contributed by atoms with Crippen LogP contribution in [0.5, 0.6) is 11.5 Å². The standard InChI is InChI=1S/C22H18N2O2S/c25-21(16-11-17-7-3-1-4-8-17)24-22(27)23-18-12-14-20(15-13-18)26-19-9-5-2-6-10-19/h1-16H,(H2,23,24,25,27)/b16-11+. The Morgan fingerprint density at radius 2 is 1.41 bits per heavy atom. The van der Waals surface area contributed by atoms with Crippen molar-refractivity contribution < 1.29 is 9.53 Å². The van der Waals surface area contributed by atoms with E-state index in [0.29, 0.717) is 5.75 Å². The summed E-state index contributed by atoms with van der Waals surface area (Å²) in [5, 5.41) is 5.82. The van der Waals surface area contributed by atoms with E-state index < -0.39 is 0 Å². The second-order valence-corrected chi connectivity index (χ2v) is 6.04. The molecule has 0 fully saturated rings. The maximum absolute atomic E-state index is 11.9. The summed E-state index contributed by atoms with van der Waals surface area (Å²) in [6.45, 7) is 0. The van der Waals surface area contributed by atoms with Crippen LogP contribution in [0.15, 0.2) is 91.0 Å². The molecule has 0 atom stereocenters. The molecule has 5 heteroatoms. The number of amides is 1.